The predicted octanol–water partition coefficient (Wildman–Crippen LogP) is 4.19. The van der Waals surface area contributed by atoms with E-state index in [1.165, 1.54) is 4.90 Å². The summed E-state index contributed by atoms with van der Waals surface area (Å²) in [4.78, 5) is 31.8. The fourth-order valence-corrected chi connectivity index (χ4v) is 4.21. The molecule has 0 radical (unpaired) electrons. The number of hydrogen-bond donors (Lipinski definition) is 1. The minimum absolute atomic E-state index is 0.0183. The SMILES string of the molecule is COc1ccc(/C(O)=C2\C(=O)C(=O)N(CCCn3ccnc3)C2c2ccc(OC(C)C)cc2)cc1. The number of aromatic nitrogens is 2. The van der Waals surface area contributed by atoms with Crippen molar-refractivity contribution < 1.29 is 24.2 Å². The van der Waals surface area contributed by atoms with Crippen LogP contribution in [0.2, 0.25) is 0 Å². The van der Waals surface area contributed by atoms with E-state index in [0.29, 0.717) is 36.6 Å². The summed E-state index contributed by atoms with van der Waals surface area (Å²) in [6.45, 7) is 4.88. The molecule has 8 nitrogen and oxygen atoms in total. The van der Waals surface area contributed by atoms with Crippen LogP contribution < -0.4 is 9.47 Å². The van der Waals surface area contributed by atoms with Crippen molar-refractivity contribution in [3.05, 3.63) is 84.0 Å². The Morgan fingerprint density at radius 2 is 1.71 bits per heavy atom. The number of hydrogen-bond acceptors (Lipinski definition) is 6. The number of aliphatic hydroxyl groups is 1. The van der Waals surface area contributed by atoms with E-state index in [1.54, 1.807) is 43.9 Å². The van der Waals surface area contributed by atoms with E-state index < -0.39 is 17.7 Å². The van der Waals surface area contributed by atoms with Gasteiger partial charge < -0.3 is 24.0 Å². The van der Waals surface area contributed by atoms with Gasteiger partial charge in [-0.15, -0.1) is 0 Å². The van der Waals surface area contributed by atoms with Gasteiger partial charge in [0.25, 0.3) is 11.7 Å². The van der Waals surface area contributed by atoms with Crippen LogP contribution in [0.25, 0.3) is 5.76 Å². The monoisotopic (exact) mass is 475 g/mol. The average molecular weight is 476 g/mol. The molecule has 1 unspecified atom stereocenters. The maximum atomic E-state index is 13.2. The molecule has 182 valence electrons. The number of benzene rings is 2. The Morgan fingerprint density at radius 1 is 1.03 bits per heavy atom. The number of rotatable bonds is 9. The summed E-state index contributed by atoms with van der Waals surface area (Å²) in [5, 5.41) is 11.2. The molecule has 0 spiro atoms. The number of carbonyl (C=O) groups is 2. The van der Waals surface area contributed by atoms with Crippen molar-refractivity contribution in [2.45, 2.75) is 39.0 Å². The fourth-order valence-electron chi connectivity index (χ4n) is 4.21. The van der Waals surface area contributed by atoms with Crippen LogP contribution in [0, 0.1) is 0 Å². The molecular formula is C27H29N3O5. The summed E-state index contributed by atoms with van der Waals surface area (Å²) in [6.07, 6.45) is 5.90. The lowest BCUT2D eigenvalue weighted by atomic mass is 9.95. The molecule has 35 heavy (non-hydrogen) atoms. The van der Waals surface area contributed by atoms with Crippen molar-refractivity contribution >= 4 is 17.4 Å². The summed E-state index contributed by atoms with van der Waals surface area (Å²) in [7, 11) is 1.55. The molecule has 1 aliphatic heterocycles. The Kier molecular flexibility index (Phi) is 7.19. The summed E-state index contributed by atoms with van der Waals surface area (Å²) in [5.41, 5.74) is 1.23. The first-order valence-corrected chi connectivity index (χ1v) is 11.5. The third-order valence-electron chi connectivity index (χ3n) is 5.85. The lowest BCUT2D eigenvalue weighted by molar-refractivity contribution is -0.139. The van der Waals surface area contributed by atoms with E-state index in [0.717, 1.165) is 5.56 Å². The number of Topliss-reactive ketones (excluding diaryl/α,β-unsaturated/α-hetero) is 1. The van der Waals surface area contributed by atoms with Crippen LogP contribution >= 0.6 is 0 Å². The Morgan fingerprint density at radius 3 is 2.31 bits per heavy atom. The van der Waals surface area contributed by atoms with Gasteiger partial charge in [-0.1, -0.05) is 12.1 Å². The maximum Gasteiger partial charge on any atom is 0.295 e. The van der Waals surface area contributed by atoms with Gasteiger partial charge in [0.1, 0.15) is 17.3 Å². The van der Waals surface area contributed by atoms with Crippen molar-refractivity contribution in [2.75, 3.05) is 13.7 Å². The first kappa shape index (κ1) is 24.1. The van der Waals surface area contributed by atoms with E-state index in [2.05, 4.69) is 4.98 Å². The Balaban J connectivity index is 1.71. The number of nitrogens with zero attached hydrogens (tertiary/aromatic N) is 3. The van der Waals surface area contributed by atoms with Crippen LogP contribution in [0.1, 0.15) is 37.4 Å². The van der Waals surface area contributed by atoms with E-state index in [1.807, 2.05) is 48.9 Å². The molecule has 1 amide bonds. The van der Waals surface area contributed by atoms with Crippen LogP contribution in [-0.2, 0) is 16.1 Å². The zero-order chi connectivity index (χ0) is 24.9. The number of aliphatic hydroxyl groups excluding tert-OH is 1. The Bertz CT molecular complexity index is 1200. The fraction of sp³-hybridized carbons (Fsp3) is 0.296. The van der Waals surface area contributed by atoms with Gasteiger partial charge in [0.15, 0.2) is 0 Å². The molecule has 1 aliphatic rings. The molecule has 1 N–H and O–H groups in total. The van der Waals surface area contributed by atoms with E-state index in [9.17, 15) is 14.7 Å². The zero-order valence-corrected chi connectivity index (χ0v) is 20.0. The third-order valence-corrected chi connectivity index (χ3v) is 5.85. The molecule has 2 aromatic carbocycles. The highest BCUT2D eigenvalue weighted by Crippen LogP contribution is 2.40. The molecule has 1 saturated heterocycles. The highest BCUT2D eigenvalue weighted by atomic mass is 16.5. The molecule has 0 aliphatic carbocycles. The topological polar surface area (TPSA) is 93.9 Å². The van der Waals surface area contributed by atoms with Gasteiger partial charge in [-0.3, -0.25) is 9.59 Å². The molecule has 1 aromatic heterocycles. The van der Waals surface area contributed by atoms with Crippen LogP contribution in [0.4, 0.5) is 0 Å². The second-order valence-electron chi connectivity index (χ2n) is 8.61. The number of imidazole rings is 1. The first-order chi connectivity index (χ1) is 16.9. The summed E-state index contributed by atoms with van der Waals surface area (Å²) >= 11 is 0. The number of carbonyl (C=O) groups excluding carboxylic acids is 2. The normalized spacial score (nSPS) is 17.3. The van der Waals surface area contributed by atoms with Crippen molar-refractivity contribution in [2.24, 2.45) is 0 Å². The maximum absolute atomic E-state index is 13.2. The van der Waals surface area contributed by atoms with E-state index in [-0.39, 0.29) is 17.4 Å². The summed E-state index contributed by atoms with van der Waals surface area (Å²) in [6, 6.07) is 13.3. The number of aryl methyl sites for hydroxylation is 1. The highest BCUT2D eigenvalue weighted by Gasteiger charge is 2.45. The van der Waals surface area contributed by atoms with Crippen LogP contribution in [-0.4, -0.2) is 51.0 Å². The molecule has 0 saturated carbocycles. The van der Waals surface area contributed by atoms with Crippen LogP contribution in [0.15, 0.2) is 72.8 Å². The average Bonchev–Trinajstić information content (AvgIpc) is 3.46. The molecule has 1 atom stereocenters. The van der Waals surface area contributed by atoms with Crippen molar-refractivity contribution in [1.82, 2.24) is 14.5 Å². The number of ether oxygens (including phenoxy) is 2. The van der Waals surface area contributed by atoms with Gasteiger partial charge >= 0.3 is 0 Å². The standard InChI is InChI=1S/C27H29N3O5/c1-18(2)35-22-11-5-19(6-12-22)24-23(25(31)20-7-9-21(34-3)10-8-20)26(32)27(33)30(24)15-4-14-29-16-13-28-17-29/h5-13,16-18,24,31H,4,14-15H2,1-3H3/b25-23+. The summed E-state index contributed by atoms with van der Waals surface area (Å²) in [5.74, 6) is -0.225. The molecule has 3 aromatic rings. The molecule has 4 rings (SSSR count). The predicted molar refractivity (Wildman–Crippen MR) is 131 cm³/mol. The second-order valence-corrected chi connectivity index (χ2v) is 8.61. The van der Waals surface area contributed by atoms with Crippen molar-refractivity contribution in [3.63, 3.8) is 0 Å². The van der Waals surface area contributed by atoms with Gasteiger partial charge in [-0.25, -0.2) is 4.98 Å². The van der Waals surface area contributed by atoms with Gasteiger partial charge in [0, 0.05) is 31.0 Å². The van der Waals surface area contributed by atoms with Gasteiger partial charge in [-0.05, 0) is 62.2 Å². The molecule has 0 bridgehead atoms. The van der Waals surface area contributed by atoms with Gasteiger partial charge in [-0.2, -0.15) is 0 Å². The summed E-state index contributed by atoms with van der Waals surface area (Å²) < 4.78 is 12.8. The van der Waals surface area contributed by atoms with E-state index >= 15 is 0 Å². The van der Waals surface area contributed by atoms with Crippen molar-refractivity contribution in [1.29, 1.82) is 0 Å². The highest BCUT2D eigenvalue weighted by molar-refractivity contribution is 6.46. The minimum atomic E-state index is -0.715. The number of methoxy groups -OCH3 is 1. The second kappa shape index (κ2) is 10.5. The number of amides is 1. The third kappa shape index (κ3) is 5.21. The van der Waals surface area contributed by atoms with E-state index in [4.69, 9.17) is 9.47 Å². The smallest absolute Gasteiger partial charge is 0.295 e. The Hall–Kier alpha value is -4.07. The molecule has 2 heterocycles. The zero-order valence-electron chi connectivity index (χ0n) is 20.0. The lowest BCUT2D eigenvalue weighted by Gasteiger charge is -2.25. The Labute approximate surface area is 204 Å². The van der Waals surface area contributed by atoms with Crippen LogP contribution in [0.3, 0.4) is 0 Å². The minimum Gasteiger partial charge on any atom is -0.507 e. The lowest BCUT2D eigenvalue weighted by Crippen LogP contribution is -2.31. The number of ketones is 1. The van der Waals surface area contributed by atoms with Gasteiger partial charge in [0.2, 0.25) is 0 Å². The molecular weight excluding hydrogens is 446 g/mol. The quantitative estimate of drug-likeness (QED) is 0.283. The number of likely N-dealkylation sites (tertiary alicyclic amines) is 1. The van der Waals surface area contributed by atoms with Crippen LogP contribution in [0.5, 0.6) is 11.5 Å². The molecule has 1 fully saturated rings. The van der Waals surface area contributed by atoms with Gasteiger partial charge in [0.05, 0.1) is 31.2 Å². The van der Waals surface area contributed by atoms with Crippen molar-refractivity contribution in [3.8, 4) is 11.5 Å². The molecule has 8 heteroatoms. The largest absolute Gasteiger partial charge is 0.507 e. The first-order valence-electron chi connectivity index (χ1n) is 11.5.